The van der Waals surface area contributed by atoms with E-state index in [-0.39, 0.29) is 5.91 Å². The first kappa shape index (κ1) is 22.7. The number of hydrogen-bond acceptors (Lipinski definition) is 6. The smallest absolute Gasteiger partial charge is 0.251 e. The van der Waals surface area contributed by atoms with Gasteiger partial charge in [0, 0.05) is 24.7 Å². The van der Waals surface area contributed by atoms with Crippen molar-refractivity contribution in [3.05, 3.63) is 108 Å². The van der Waals surface area contributed by atoms with Gasteiger partial charge in [-0.3, -0.25) is 9.80 Å². The Labute approximate surface area is 199 Å². The van der Waals surface area contributed by atoms with Crippen molar-refractivity contribution < 1.29 is 4.79 Å². The molecule has 1 aromatic heterocycles. The highest BCUT2D eigenvalue weighted by molar-refractivity contribution is 6.01. The largest absolute Gasteiger partial charge is 0.382 e. The summed E-state index contributed by atoms with van der Waals surface area (Å²) in [6, 6.07) is 26.9. The van der Waals surface area contributed by atoms with Crippen molar-refractivity contribution in [2.75, 3.05) is 17.8 Å². The molecule has 3 N–H and O–H groups in total. The number of nitrogens with one attached hydrogen (secondary N) is 1. The molecule has 7 heteroatoms. The molecule has 0 unspecified atom stereocenters. The Morgan fingerprint density at radius 1 is 1.00 bits per heavy atom. The van der Waals surface area contributed by atoms with Crippen molar-refractivity contribution in [3.8, 4) is 11.3 Å². The first-order valence-corrected chi connectivity index (χ1v) is 10.9. The van der Waals surface area contributed by atoms with E-state index < -0.39 is 0 Å². The highest BCUT2D eigenvalue weighted by Gasteiger charge is 2.13. The number of nitrogens with zero attached hydrogens (tertiary/aromatic N) is 4. The number of para-hydroxylation sites is 1. The van der Waals surface area contributed by atoms with Gasteiger partial charge in [0.2, 0.25) is 0 Å². The van der Waals surface area contributed by atoms with Crippen LogP contribution < -0.4 is 16.1 Å². The van der Waals surface area contributed by atoms with E-state index in [1.54, 1.807) is 23.3 Å². The molecule has 0 aliphatic carbocycles. The van der Waals surface area contributed by atoms with Gasteiger partial charge in [0.15, 0.2) is 5.82 Å². The first-order chi connectivity index (χ1) is 16.5. The summed E-state index contributed by atoms with van der Waals surface area (Å²) in [4.78, 5) is 21.7. The average molecular weight is 451 g/mol. The third-order valence-corrected chi connectivity index (χ3v) is 5.29. The van der Waals surface area contributed by atoms with Gasteiger partial charge in [-0.15, -0.1) is 0 Å². The van der Waals surface area contributed by atoms with Gasteiger partial charge >= 0.3 is 0 Å². The molecule has 0 aliphatic heterocycles. The first-order valence-electron chi connectivity index (χ1n) is 10.9. The van der Waals surface area contributed by atoms with Gasteiger partial charge in [0.1, 0.15) is 5.69 Å². The van der Waals surface area contributed by atoms with E-state index in [1.807, 2.05) is 86.8 Å². The van der Waals surface area contributed by atoms with Crippen LogP contribution in [0.15, 0.2) is 96.2 Å². The molecular formula is C27H26N6O. The number of rotatable bonds is 7. The number of carbonyl (C=O) groups excluding carboxylic acids is 1. The number of hydrogen-bond donors (Lipinski definition) is 2. The molecule has 0 bridgehead atoms. The zero-order valence-corrected chi connectivity index (χ0v) is 19.1. The average Bonchev–Trinajstić information content (AvgIpc) is 2.88. The molecule has 4 rings (SSSR count). The molecule has 1 amide bonds. The Morgan fingerprint density at radius 2 is 1.71 bits per heavy atom. The van der Waals surface area contributed by atoms with Gasteiger partial charge in [-0.2, -0.15) is 5.10 Å². The second-order valence-electron chi connectivity index (χ2n) is 7.78. The highest BCUT2D eigenvalue weighted by atomic mass is 16.1. The van der Waals surface area contributed by atoms with E-state index >= 15 is 0 Å². The number of anilines is 2. The molecule has 4 aromatic rings. The summed E-state index contributed by atoms with van der Waals surface area (Å²) >= 11 is 0. The third-order valence-electron chi connectivity index (χ3n) is 5.29. The normalized spacial score (nSPS) is 11.2. The number of aromatic nitrogens is 2. The van der Waals surface area contributed by atoms with Crippen LogP contribution in [0, 0.1) is 0 Å². The maximum atomic E-state index is 12.7. The van der Waals surface area contributed by atoms with E-state index in [9.17, 15) is 4.79 Å². The monoisotopic (exact) mass is 450 g/mol. The van der Waals surface area contributed by atoms with Crippen LogP contribution in [0.1, 0.15) is 28.5 Å². The van der Waals surface area contributed by atoms with Gasteiger partial charge in [0.25, 0.3) is 5.91 Å². The Balaban J connectivity index is 1.55. The lowest BCUT2D eigenvalue weighted by Gasteiger charge is -2.15. The summed E-state index contributed by atoms with van der Waals surface area (Å²) in [6.07, 6.45) is 1.61. The molecule has 0 saturated heterocycles. The fourth-order valence-electron chi connectivity index (χ4n) is 3.48. The maximum Gasteiger partial charge on any atom is 0.251 e. The predicted octanol–water partition coefficient (Wildman–Crippen LogP) is 4.52. The lowest BCUT2D eigenvalue weighted by molar-refractivity contribution is 0.0951. The standard InChI is InChI=1S/C27H26N6O/c1-19(32-33(2)23-14-7-4-8-15-23)25-26(28)29-18-24(31-25)21-12-9-13-22(16-21)27(34)30-17-20-10-5-3-6-11-20/h3-16,18H,17H2,1-2H3,(H2,28,29)(H,30,34). The molecule has 3 aromatic carbocycles. The summed E-state index contributed by atoms with van der Waals surface area (Å²) in [5, 5.41) is 9.33. The van der Waals surface area contributed by atoms with Gasteiger partial charge in [-0.1, -0.05) is 60.7 Å². The van der Waals surface area contributed by atoms with Crippen molar-refractivity contribution in [2.45, 2.75) is 13.5 Å². The molecule has 1 heterocycles. The molecule has 0 radical (unpaired) electrons. The van der Waals surface area contributed by atoms with Crippen LogP contribution in [0.5, 0.6) is 0 Å². The van der Waals surface area contributed by atoms with Crippen LogP contribution in [0.4, 0.5) is 11.5 Å². The number of amides is 1. The molecule has 0 atom stereocenters. The SMILES string of the molecule is CC(=NN(C)c1ccccc1)c1nc(-c2cccc(C(=O)NCc3ccccc3)c2)cnc1N. The van der Waals surface area contributed by atoms with Crippen LogP contribution in [-0.2, 0) is 6.54 Å². The minimum absolute atomic E-state index is 0.156. The van der Waals surface area contributed by atoms with E-state index in [4.69, 9.17) is 10.7 Å². The Hall–Kier alpha value is -4.52. The van der Waals surface area contributed by atoms with Crippen molar-refractivity contribution in [2.24, 2.45) is 5.10 Å². The predicted molar refractivity (Wildman–Crippen MR) is 137 cm³/mol. The van der Waals surface area contributed by atoms with Crippen molar-refractivity contribution in [3.63, 3.8) is 0 Å². The van der Waals surface area contributed by atoms with Crippen LogP contribution >= 0.6 is 0 Å². The fraction of sp³-hybridized carbons (Fsp3) is 0.111. The summed E-state index contributed by atoms with van der Waals surface area (Å²) in [7, 11) is 1.86. The molecular weight excluding hydrogens is 424 g/mol. The highest BCUT2D eigenvalue weighted by Crippen LogP contribution is 2.21. The van der Waals surface area contributed by atoms with Crippen molar-refractivity contribution in [1.29, 1.82) is 0 Å². The number of nitrogens with two attached hydrogens (primary N) is 1. The quantitative estimate of drug-likeness (QED) is 0.319. The third kappa shape index (κ3) is 5.45. The van der Waals surface area contributed by atoms with E-state index in [0.717, 1.165) is 16.8 Å². The van der Waals surface area contributed by atoms with E-state index in [2.05, 4.69) is 15.4 Å². The molecule has 0 fully saturated rings. The molecule has 0 saturated carbocycles. The second kappa shape index (κ2) is 10.4. The van der Waals surface area contributed by atoms with Gasteiger partial charge in [-0.05, 0) is 36.8 Å². The summed E-state index contributed by atoms with van der Waals surface area (Å²) in [5.41, 5.74) is 11.2. The number of benzene rings is 3. The zero-order valence-electron chi connectivity index (χ0n) is 19.1. The maximum absolute atomic E-state index is 12.7. The van der Waals surface area contributed by atoms with Crippen molar-refractivity contribution >= 4 is 23.1 Å². The Bertz CT molecular complexity index is 1310. The summed E-state index contributed by atoms with van der Waals surface area (Å²) in [5.74, 6) is 0.139. The van der Waals surface area contributed by atoms with Crippen LogP contribution in [-0.4, -0.2) is 28.6 Å². The van der Waals surface area contributed by atoms with Crippen LogP contribution in [0.25, 0.3) is 11.3 Å². The van der Waals surface area contributed by atoms with E-state index in [0.29, 0.717) is 35.0 Å². The lowest BCUT2D eigenvalue weighted by atomic mass is 10.1. The van der Waals surface area contributed by atoms with E-state index in [1.165, 1.54) is 0 Å². The molecule has 170 valence electrons. The zero-order chi connectivity index (χ0) is 23.9. The Kier molecular flexibility index (Phi) is 6.93. The minimum Gasteiger partial charge on any atom is -0.382 e. The minimum atomic E-state index is -0.156. The molecule has 0 spiro atoms. The Morgan fingerprint density at radius 3 is 2.44 bits per heavy atom. The summed E-state index contributed by atoms with van der Waals surface area (Å²) < 4.78 is 0. The van der Waals surface area contributed by atoms with Crippen LogP contribution in [0.2, 0.25) is 0 Å². The topological polar surface area (TPSA) is 96.5 Å². The molecule has 34 heavy (non-hydrogen) atoms. The molecule has 7 nitrogen and oxygen atoms in total. The fourth-order valence-corrected chi connectivity index (χ4v) is 3.48. The number of nitrogen functional groups attached to an aromatic ring is 1. The van der Waals surface area contributed by atoms with Gasteiger partial charge in [0.05, 0.1) is 23.3 Å². The second-order valence-corrected chi connectivity index (χ2v) is 7.78. The number of carbonyl (C=O) groups is 1. The van der Waals surface area contributed by atoms with Crippen molar-refractivity contribution in [1.82, 2.24) is 15.3 Å². The van der Waals surface area contributed by atoms with Gasteiger partial charge in [-0.25, -0.2) is 9.97 Å². The summed E-state index contributed by atoms with van der Waals surface area (Å²) in [6.45, 7) is 2.30. The van der Waals surface area contributed by atoms with Gasteiger partial charge < -0.3 is 11.1 Å². The lowest BCUT2D eigenvalue weighted by Crippen LogP contribution is -2.22. The number of hydrazone groups is 1. The molecule has 0 aliphatic rings. The van der Waals surface area contributed by atoms with Crippen LogP contribution in [0.3, 0.4) is 0 Å².